The van der Waals surface area contributed by atoms with Crippen LogP contribution in [0.5, 0.6) is 0 Å². The van der Waals surface area contributed by atoms with E-state index in [-0.39, 0.29) is 0 Å². The van der Waals surface area contributed by atoms with Gasteiger partial charge in [0.25, 0.3) is 0 Å². The first-order valence-electron chi connectivity index (χ1n) is 13.0. The lowest BCUT2D eigenvalue weighted by Crippen LogP contribution is -1.99. The number of hydrogen-bond acceptors (Lipinski definition) is 0. The molecular weight excluding hydrogens is 324 g/mol. The molecule has 0 saturated carbocycles. The summed E-state index contributed by atoms with van der Waals surface area (Å²) in [4.78, 5) is 0. The van der Waals surface area contributed by atoms with Gasteiger partial charge in [0, 0.05) is 0 Å². The molecule has 0 N–H and O–H groups in total. The second kappa shape index (κ2) is 23.8. The quantitative estimate of drug-likeness (QED) is 0.122. The largest absolute Gasteiger partial charge is 0.103 e. The molecule has 0 heterocycles. The molecule has 0 aliphatic carbocycles. The van der Waals surface area contributed by atoms with Crippen LogP contribution in [0.25, 0.3) is 0 Å². The number of unbranched alkanes of at least 4 members (excludes halogenated alkanes) is 17. The second-order valence-corrected chi connectivity index (χ2v) is 8.98. The summed E-state index contributed by atoms with van der Waals surface area (Å²) in [6.45, 7) is 8.57. The summed E-state index contributed by atoms with van der Waals surface area (Å²) >= 11 is 0. The standard InChI is InChI=1S/C27H54/c1-4-7-9-11-12-13-14-15-16-17-18-19-20-21-23-26-27(24-6-3)25-22-10-8-5-2/h6,27H,3-5,7-26H2,1-2H3. The highest BCUT2D eigenvalue weighted by atomic mass is 14.1. The molecule has 0 saturated heterocycles. The monoisotopic (exact) mass is 378 g/mol. The molecule has 0 aromatic rings. The first-order valence-corrected chi connectivity index (χ1v) is 13.0. The van der Waals surface area contributed by atoms with Crippen LogP contribution in [0, 0.1) is 5.92 Å². The highest BCUT2D eigenvalue weighted by Gasteiger charge is 2.06. The molecule has 0 radical (unpaired) electrons. The maximum atomic E-state index is 3.97. The van der Waals surface area contributed by atoms with Crippen molar-refractivity contribution in [1.82, 2.24) is 0 Å². The SMILES string of the molecule is C=CCC(CCCCCC)CCCCCCCCCCCCCCCCC. The van der Waals surface area contributed by atoms with E-state index in [0.717, 1.165) is 5.92 Å². The van der Waals surface area contributed by atoms with E-state index in [9.17, 15) is 0 Å². The van der Waals surface area contributed by atoms with Gasteiger partial charge in [0.15, 0.2) is 0 Å². The van der Waals surface area contributed by atoms with E-state index in [1.165, 1.54) is 141 Å². The third-order valence-electron chi connectivity index (χ3n) is 6.18. The van der Waals surface area contributed by atoms with Crippen LogP contribution in [0.2, 0.25) is 0 Å². The van der Waals surface area contributed by atoms with E-state index in [4.69, 9.17) is 0 Å². The zero-order chi connectivity index (χ0) is 19.8. The molecule has 0 amide bonds. The van der Waals surface area contributed by atoms with E-state index in [0.29, 0.717) is 0 Å². The molecule has 0 aliphatic heterocycles. The smallest absolute Gasteiger partial charge is 0.0325 e. The Hall–Kier alpha value is -0.260. The van der Waals surface area contributed by atoms with E-state index >= 15 is 0 Å². The summed E-state index contributed by atoms with van der Waals surface area (Å²) in [5, 5.41) is 0. The average Bonchev–Trinajstić information content (AvgIpc) is 2.68. The van der Waals surface area contributed by atoms with Crippen molar-refractivity contribution in [3.8, 4) is 0 Å². The Morgan fingerprint density at radius 1 is 0.481 bits per heavy atom. The molecule has 1 unspecified atom stereocenters. The van der Waals surface area contributed by atoms with Gasteiger partial charge in [0.2, 0.25) is 0 Å². The van der Waals surface area contributed by atoms with E-state index < -0.39 is 0 Å². The molecule has 0 fully saturated rings. The molecule has 0 aromatic carbocycles. The molecule has 0 bridgehead atoms. The number of allylic oxidation sites excluding steroid dienone is 1. The zero-order valence-corrected chi connectivity index (χ0v) is 19.4. The van der Waals surface area contributed by atoms with Gasteiger partial charge in [0.05, 0.1) is 0 Å². The summed E-state index contributed by atoms with van der Waals surface area (Å²) < 4.78 is 0. The van der Waals surface area contributed by atoms with Gasteiger partial charge >= 0.3 is 0 Å². The van der Waals surface area contributed by atoms with Crippen LogP contribution in [0.3, 0.4) is 0 Å². The van der Waals surface area contributed by atoms with Crippen LogP contribution in [0.4, 0.5) is 0 Å². The summed E-state index contributed by atoms with van der Waals surface area (Å²) in [5.74, 6) is 0.918. The highest BCUT2D eigenvalue weighted by molar-refractivity contribution is 4.73. The van der Waals surface area contributed by atoms with Crippen molar-refractivity contribution in [1.29, 1.82) is 0 Å². The molecular formula is C27H54. The maximum absolute atomic E-state index is 3.97. The Morgan fingerprint density at radius 3 is 1.11 bits per heavy atom. The van der Waals surface area contributed by atoms with Crippen molar-refractivity contribution in [3.05, 3.63) is 12.7 Å². The lowest BCUT2D eigenvalue weighted by Gasteiger charge is -2.14. The molecule has 1 atom stereocenters. The molecule has 0 spiro atoms. The van der Waals surface area contributed by atoms with Gasteiger partial charge < -0.3 is 0 Å². The fraction of sp³-hybridized carbons (Fsp3) is 0.926. The summed E-state index contributed by atoms with van der Waals surface area (Å²) in [7, 11) is 0. The van der Waals surface area contributed by atoms with Crippen LogP contribution in [-0.4, -0.2) is 0 Å². The van der Waals surface area contributed by atoms with Crippen molar-refractivity contribution in [2.75, 3.05) is 0 Å². The van der Waals surface area contributed by atoms with Gasteiger partial charge in [-0.05, 0) is 12.3 Å². The molecule has 0 rings (SSSR count). The lowest BCUT2D eigenvalue weighted by molar-refractivity contribution is 0.407. The van der Waals surface area contributed by atoms with Gasteiger partial charge in [-0.3, -0.25) is 0 Å². The van der Waals surface area contributed by atoms with Crippen molar-refractivity contribution in [2.24, 2.45) is 5.92 Å². The maximum Gasteiger partial charge on any atom is -0.0325 e. The Kier molecular flexibility index (Phi) is 23.5. The summed E-state index contributed by atoms with van der Waals surface area (Å²) in [6, 6.07) is 0. The van der Waals surface area contributed by atoms with Gasteiger partial charge in [0.1, 0.15) is 0 Å². The minimum atomic E-state index is 0.918. The number of rotatable bonds is 23. The molecule has 162 valence electrons. The van der Waals surface area contributed by atoms with Crippen molar-refractivity contribution >= 4 is 0 Å². The topological polar surface area (TPSA) is 0 Å². The predicted molar refractivity (Wildman–Crippen MR) is 127 cm³/mol. The van der Waals surface area contributed by atoms with Gasteiger partial charge in [-0.2, -0.15) is 0 Å². The van der Waals surface area contributed by atoms with Crippen LogP contribution < -0.4 is 0 Å². The Labute approximate surface area is 174 Å². The van der Waals surface area contributed by atoms with Gasteiger partial charge in [-0.25, -0.2) is 0 Å². The predicted octanol–water partition coefficient (Wildman–Crippen LogP) is 10.4. The zero-order valence-electron chi connectivity index (χ0n) is 19.4. The van der Waals surface area contributed by atoms with Gasteiger partial charge in [-0.1, -0.05) is 155 Å². The average molecular weight is 379 g/mol. The van der Waals surface area contributed by atoms with Crippen LogP contribution in [0.15, 0.2) is 12.7 Å². The van der Waals surface area contributed by atoms with E-state index in [1.54, 1.807) is 0 Å². The van der Waals surface area contributed by atoms with Crippen LogP contribution in [0.1, 0.15) is 155 Å². The Balaban J connectivity index is 3.28. The van der Waals surface area contributed by atoms with Gasteiger partial charge in [-0.15, -0.1) is 6.58 Å². The Bertz CT molecular complexity index is 267. The number of hydrogen-bond donors (Lipinski definition) is 0. The van der Waals surface area contributed by atoms with Crippen molar-refractivity contribution in [2.45, 2.75) is 155 Å². The third-order valence-corrected chi connectivity index (χ3v) is 6.18. The minimum absolute atomic E-state index is 0.918. The molecule has 0 aromatic heterocycles. The van der Waals surface area contributed by atoms with Crippen molar-refractivity contribution < 1.29 is 0 Å². The fourth-order valence-electron chi connectivity index (χ4n) is 4.28. The first kappa shape index (κ1) is 26.7. The normalized spacial score (nSPS) is 12.4. The highest BCUT2D eigenvalue weighted by Crippen LogP contribution is 2.22. The van der Waals surface area contributed by atoms with Crippen LogP contribution >= 0.6 is 0 Å². The minimum Gasteiger partial charge on any atom is -0.103 e. The Morgan fingerprint density at radius 2 is 0.778 bits per heavy atom. The second-order valence-electron chi connectivity index (χ2n) is 8.98. The first-order chi connectivity index (χ1) is 13.3. The molecule has 0 heteroatoms. The fourth-order valence-corrected chi connectivity index (χ4v) is 4.28. The molecule has 27 heavy (non-hydrogen) atoms. The van der Waals surface area contributed by atoms with Crippen LogP contribution in [-0.2, 0) is 0 Å². The third kappa shape index (κ3) is 21.9. The molecule has 0 aliphatic rings. The van der Waals surface area contributed by atoms with E-state index in [2.05, 4.69) is 26.5 Å². The lowest BCUT2D eigenvalue weighted by atomic mass is 9.91. The molecule has 0 nitrogen and oxygen atoms in total. The van der Waals surface area contributed by atoms with Crippen molar-refractivity contribution in [3.63, 3.8) is 0 Å². The summed E-state index contributed by atoms with van der Waals surface area (Å²) in [5.41, 5.74) is 0. The van der Waals surface area contributed by atoms with E-state index in [1.807, 2.05) is 0 Å². The summed E-state index contributed by atoms with van der Waals surface area (Å²) in [6.07, 6.45) is 33.8.